The summed E-state index contributed by atoms with van der Waals surface area (Å²) < 4.78 is 2.95. The lowest BCUT2D eigenvalue weighted by Crippen LogP contribution is -2.22. The summed E-state index contributed by atoms with van der Waals surface area (Å²) in [6.07, 6.45) is 0. The molecule has 0 bridgehead atoms. The summed E-state index contributed by atoms with van der Waals surface area (Å²) in [6, 6.07) is 12.0. The fraction of sp³-hybridized carbons (Fsp3) is 0.267. The van der Waals surface area contributed by atoms with Gasteiger partial charge in [-0.3, -0.25) is 9.52 Å². The predicted molar refractivity (Wildman–Crippen MR) is 88.3 cm³/mol. The minimum Gasteiger partial charge on any atom is -0.259 e. The summed E-state index contributed by atoms with van der Waals surface area (Å²) in [6.45, 7) is 5.75. The maximum atomic E-state index is 11.6. The number of amides is 1. The van der Waals surface area contributed by atoms with Crippen molar-refractivity contribution in [1.29, 1.82) is 0 Å². The van der Waals surface area contributed by atoms with E-state index in [1.807, 2.05) is 57.2 Å². The third-order valence-electron chi connectivity index (χ3n) is 2.67. The minimum absolute atomic E-state index is 0.230. The van der Waals surface area contributed by atoms with Crippen LogP contribution in [-0.4, -0.2) is 22.0 Å². The van der Waals surface area contributed by atoms with Gasteiger partial charge in [0.2, 0.25) is 0 Å². The lowest BCUT2D eigenvalue weighted by Gasteiger charge is -2.06. The maximum Gasteiger partial charge on any atom is 0.314 e. The lowest BCUT2D eigenvalue weighted by molar-refractivity contribution is 0.261. The van der Waals surface area contributed by atoms with Crippen molar-refractivity contribution in [3.8, 4) is 0 Å². The number of hydrazone groups is 1. The van der Waals surface area contributed by atoms with Crippen LogP contribution < -0.4 is 10.1 Å². The number of para-hydroxylation sites is 1. The lowest BCUT2D eigenvalue weighted by atomic mass is 10.2. The van der Waals surface area contributed by atoms with E-state index in [1.54, 1.807) is 0 Å². The molecule has 1 aromatic heterocycles. The molecule has 0 atom stereocenters. The van der Waals surface area contributed by atoms with Crippen molar-refractivity contribution in [2.75, 3.05) is 0 Å². The van der Waals surface area contributed by atoms with Crippen molar-refractivity contribution in [3.05, 3.63) is 42.1 Å². The van der Waals surface area contributed by atoms with E-state index in [4.69, 9.17) is 0 Å². The van der Waals surface area contributed by atoms with E-state index >= 15 is 0 Å². The molecule has 0 unspecified atom stereocenters. The number of carbonyl (C=O) groups excluding carboxylic acids is 1. The second-order valence-corrected chi connectivity index (χ2v) is 5.67. The van der Waals surface area contributed by atoms with Crippen LogP contribution in [0.1, 0.15) is 26.5 Å². The van der Waals surface area contributed by atoms with Crippen LogP contribution in [0, 0.1) is 0 Å². The standard InChI is InChI=1S/C15H18N4OS/c1-10(2)19-21-15(20)18-17-11(3)13-9-8-12-6-4-5-7-14(12)16-13/h4-10,19H,1-3H3,(H,18,20)/b17-11-. The molecule has 6 heteroatoms. The number of hydrogen-bond acceptors (Lipinski definition) is 5. The minimum atomic E-state index is -0.246. The number of nitrogens with one attached hydrogen (secondary N) is 2. The van der Waals surface area contributed by atoms with Crippen LogP contribution in [0.2, 0.25) is 0 Å². The Kier molecular flexibility index (Phi) is 5.30. The molecule has 0 radical (unpaired) electrons. The number of carbonyl (C=O) groups is 1. The molecule has 5 nitrogen and oxygen atoms in total. The third kappa shape index (κ3) is 4.54. The molecule has 1 aromatic carbocycles. The van der Waals surface area contributed by atoms with Crippen LogP contribution in [0.5, 0.6) is 0 Å². The van der Waals surface area contributed by atoms with Gasteiger partial charge >= 0.3 is 5.24 Å². The van der Waals surface area contributed by atoms with Crippen LogP contribution >= 0.6 is 11.9 Å². The highest BCUT2D eigenvalue weighted by Crippen LogP contribution is 2.12. The molecule has 0 saturated heterocycles. The summed E-state index contributed by atoms with van der Waals surface area (Å²) in [4.78, 5) is 16.1. The molecular weight excluding hydrogens is 284 g/mol. The number of benzene rings is 1. The molecule has 0 spiro atoms. The van der Waals surface area contributed by atoms with Gasteiger partial charge < -0.3 is 0 Å². The molecule has 0 saturated carbocycles. The van der Waals surface area contributed by atoms with Crippen molar-refractivity contribution in [3.63, 3.8) is 0 Å². The Labute approximate surface area is 128 Å². The Morgan fingerprint density at radius 3 is 2.76 bits per heavy atom. The van der Waals surface area contributed by atoms with Gasteiger partial charge in [-0.1, -0.05) is 24.3 Å². The molecule has 1 heterocycles. The number of hydrogen-bond donors (Lipinski definition) is 2. The van der Waals surface area contributed by atoms with Gasteiger partial charge in [0.1, 0.15) is 0 Å². The fourth-order valence-corrected chi connectivity index (χ4v) is 2.08. The number of fused-ring (bicyclic) bond motifs is 1. The molecule has 110 valence electrons. The maximum absolute atomic E-state index is 11.6. The van der Waals surface area contributed by atoms with Crippen LogP contribution in [0.25, 0.3) is 10.9 Å². The van der Waals surface area contributed by atoms with Crippen LogP contribution in [0.3, 0.4) is 0 Å². The highest BCUT2D eigenvalue weighted by Gasteiger charge is 2.04. The first-order valence-electron chi connectivity index (χ1n) is 6.69. The zero-order chi connectivity index (χ0) is 15.2. The zero-order valence-electron chi connectivity index (χ0n) is 12.3. The monoisotopic (exact) mass is 302 g/mol. The smallest absolute Gasteiger partial charge is 0.259 e. The van der Waals surface area contributed by atoms with Crippen molar-refractivity contribution in [2.24, 2.45) is 5.10 Å². The van der Waals surface area contributed by atoms with Crippen LogP contribution in [0.15, 0.2) is 41.5 Å². The van der Waals surface area contributed by atoms with E-state index in [1.165, 1.54) is 0 Å². The summed E-state index contributed by atoms with van der Waals surface area (Å²) >= 11 is 0.997. The molecule has 0 aliphatic heterocycles. The molecule has 2 aromatic rings. The third-order valence-corrected chi connectivity index (χ3v) is 3.54. The molecule has 21 heavy (non-hydrogen) atoms. The average Bonchev–Trinajstić information content (AvgIpc) is 2.50. The van der Waals surface area contributed by atoms with Gasteiger partial charge in [0, 0.05) is 23.4 Å². The van der Waals surface area contributed by atoms with Gasteiger partial charge in [-0.2, -0.15) is 5.10 Å². The average molecular weight is 302 g/mol. The van der Waals surface area contributed by atoms with Gasteiger partial charge in [-0.05, 0) is 32.9 Å². The van der Waals surface area contributed by atoms with Crippen LogP contribution in [0.4, 0.5) is 4.79 Å². The number of rotatable bonds is 4. The highest BCUT2D eigenvalue weighted by molar-refractivity contribution is 8.11. The SMILES string of the molecule is C/C(=N/NC(=O)SNC(C)C)c1ccc2ccccc2n1. The van der Waals surface area contributed by atoms with E-state index in [0.717, 1.165) is 28.5 Å². The Hall–Kier alpha value is -1.92. The van der Waals surface area contributed by atoms with Crippen molar-refractivity contribution < 1.29 is 4.79 Å². The van der Waals surface area contributed by atoms with Gasteiger partial charge in [-0.15, -0.1) is 0 Å². The Morgan fingerprint density at radius 1 is 1.24 bits per heavy atom. The first-order valence-corrected chi connectivity index (χ1v) is 7.50. The summed E-state index contributed by atoms with van der Waals surface area (Å²) in [7, 11) is 0. The van der Waals surface area contributed by atoms with Crippen molar-refractivity contribution in [1.82, 2.24) is 15.1 Å². The van der Waals surface area contributed by atoms with E-state index in [-0.39, 0.29) is 11.3 Å². The normalized spacial score (nSPS) is 11.9. The largest absolute Gasteiger partial charge is 0.314 e. The molecule has 0 aliphatic rings. The van der Waals surface area contributed by atoms with E-state index in [2.05, 4.69) is 20.2 Å². The van der Waals surface area contributed by atoms with Crippen molar-refractivity contribution >= 4 is 33.8 Å². The second kappa shape index (κ2) is 7.19. The first kappa shape index (κ1) is 15.5. The van der Waals surface area contributed by atoms with Crippen molar-refractivity contribution in [2.45, 2.75) is 26.8 Å². The second-order valence-electron chi connectivity index (χ2n) is 4.86. The Balaban J connectivity index is 2.05. The highest BCUT2D eigenvalue weighted by atomic mass is 32.2. The van der Waals surface area contributed by atoms with Gasteiger partial charge in [0.15, 0.2) is 0 Å². The molecular formula is C15H18N4OS. The van der Waals surface area contributed by atoms with E-state index in [9.17, 15) is 4.79 Å². The Bertz CT molecular complexity index is 670. The molecule has 0 aliphatic carbocycles. The van der Waals surface area contributed by atoms with Crippen LogP contribution in [-0.2, 0) is 0 Å². The molecule has 0 fully saturated rings. The van der Waals surface area contributed by atoms with E-state index < -0.39 is 0 Å². The molecule has 1 amide bonds. The predicted octanol–water partition coefficient (Wildman–Crippen LogP) is 3.31. The van der Waals surface area contributed by atoms with Gasteiger partial charge in [0.25, 0.3) is 0 Å². The van der Waals surface area contributed by atoms with Gasteiger partial charge in [0.05, 0.1) is 16.9 Å². The fourth-order valence-electron chi connectivity index (χ4n) is 1.65. The number of pyridine rings is 1. The topological polar surface area (TPSA) is 66.4 Å². The molecule has 2 rings (SSSR count). The number of nitrogens with zero attached hydrogens (tertiary/aromatic N) is 2. The molecule has 2 N–H and O–H groups in total. The van der Waals surface area contributed by atoms with Gasteiger partial charge in [-0.25, -0.2) is 10.4 Å². The van der Waals surface area contributed by atoms with E-state index in [0.29, 0.717) is 5.71 Å². The summed E-state index contributed by atoms with van der Waals surface area (Å²) in [5.74, 6) is 0. The Morgan fingerprint density at radius 2 is 2.00 bits per heavy atom. The first-order chi connectivity index (χ1) is 10.1. The quantitative estimate of drug-likeness (QED) is 0.516. The number of aromatic nitrogens is 1. The summed E-state index contributed by atoms with van der Waals surface area (Å²) in [5, 5.41) is 4.90. The zero-order valence-corrected chi connectivity index (χ0v) is 13.1. The summed E-state index contributed by atoms with van der Waals surface area (Å²) in [5.41, 5.74) is 4.81.